The van der Waals surface area contributed by atoms with Crippen LogP contribution in [0.1, 0.15) is 48.9 Å². The quantitative estimate of drug-likeness (QED) is 0.595. The maximum Gasteiger partial charge on any atom is 0.223 e. The Labute approximate surface area is 194 Å². The Morgan fingerprint density at radius 2 is 1.68 bits per heavy atom. The van der Waals surface area contributed by atoms with Gasteiger partial charge in [-0.2, -0.15) is 0 Å². The summed E-state index contributed by atoms with van der Waals surface area (Å²) >= 11 is 12.3. The zero-order chi connectivity index (χ0) is 22.6. The number of piperidine rings is 1. The lowest BCUT2D eigenvalue weighted by atomic mass is 9.95. The van der Waals surface area contributed by atoms with Crippen LogP contribution in [-0.4, -0.2) is 31.7 Å². The van der Waals surface area contributed by atoms with Crippen molar-refractivity contribution in [1.29, 1.82) is 0 Å². The summed E-state index contributed by atoms with van der Waals surface area (Å²) in [6.45, 7) is 4.69. The van der Waals surface area contributed by atoms with Crippen LogP contribution in [0.15, 0.2) is 42.5 Å². The molecule has 0 bridgehead atoms. The van der Waals surface area contributed by atoms with Gasteiger partial charge in [0.15, 0.2) is 0 Å². The number of rotatable bonds is 7. The Hall–Kier alpha value is -1.60. The van der Waals surface area contributed by atoms with Crippen molar-refractivity contribution in [2.45, 2.75) is 44.9 Å². The number of carbonyl (C=O) groups is 1. The molecule has 0 aromatic heterocycles. The van der Waals surface area contributed by atoms with Gasteiger partial charge in [-0.3, -0.25) is 4.79 Å². The maximum atomic E-state index is 12.9. The minimum atomic E-state index is -3.57. The fraction of sp³-hybridized carbons (Fsp3) is 0.435. The summed E-state index contributed by atoms with van der Waals surface area (Å²) in [5.41, 5.74) is 2.67. The van der Waals surface area contributed by atoms with Gasteiger partial charge in [-0.05, 0) is 43.9 Å². The molecule has 2 aromatic carbocycles. The van der Waals surface area contributed by atoms with Gasteiger partial charge in [0, 0.05) is 34.6 Å². The third kappa shape index (κ3) is 6.01. The first-order valence-corrected chi connectivity index (χ1v) is 12.9. The van der Waals surface area contributed by atoms with Gasteiger partial charge < -0.3 is 5.32 Å². The molecule has 1 saturated heterocycles. The lowest BCUT2D eigenvalue weighted by Gasteiger charge is -2.31. The third-order valence-corrected chi connectivity index (χ3v) is 8.32. The van der Waals surface area contributed by atoms with Crippen molar-refractivity contribution in [3.05, 3.63) is 69.2 Å². The lowest BCUT2D eigenvalue weighted by Crippen LogP contribution is -2.44. The molecule has 0 spiro atoms. The smallest absolute Gasteiger partial charge is 0.223 e. The molecule has 1 fully saturated rings. The van der Waals surface area contributed by atoms with E-state index in [1.807, 2.05) is 38.1 Å². The standard InChI is InChI=1S/C23H28Cl2N2O3S/c1-3-22(17-9-7-16(2)8-10-17)26-23(28)18-11-13-27(14-12-18)31(29,30)15-19-20(24)5-4-6-21(19)25/h4-10,18,22H,3,11-15H2,1-2H3,(H,26,28)/t22-/m1/s1. The number of hydrogen-bond acceptors (Lipinski definition) is 3. The van der Waals surface area contributed by atoms with Crippen LogP contribution in [0.25, 0.3) is 0 Å². The van der Waals surface area contributed by atoms with Gasteiger partial charge in [-0.25, -0.2) is 12.7 Å². The monoisotopic (exact) mass is 482 g/mol. The average molecular weight is 483 g/mol. The summed E-state index contributed by atoms with van der Waals surface area (Å²) in [5, 5.41) is 3.82. The van der Waals surface area contributed by atoms with Crippen molar-refractivity contribution in [1.82, 2.24) is 9.62 Å². The van der Waals surface area contributed by atoms with E-state index in [2.05, 4.69) is 5.32 Å². The molecule has 1 atom stereocenters. The topological polar surface area (TPSA) is 66.5 Å². The Morgan fingerprint density at radius 1 is 1.10 bits per heavy atom. The van der Waals surface area contributed by atoms with E-state index in [1.165, 1.54) is 9.87 Å². The molecule has 0 saturated carbocycles. The largest absolute Gasteiger partial charge is 0.349 e. The number of benzene rings is 2. The molecule has 0 radical (unpaired) electrons. The highest BCUT2D eigenvalue weighted by Crippen LogP contribution is 2.29. The second-order valence-corrected chi connectivity index (χ2v) is 10.8. The number of carbonyl (C=O) groups excluding carboxylic acids is 1. The number of sulfonamides is 1. The van der Waals surface area contributed by atoms with E-state index < -0.39 is 10.0 Å². The van der Waals surface area contributed by atoms with Crippen LogP contribution in [-0.2, 0) is 20.6 Å². The predicted octanol–water partition coefficient (Wildman–Crippen LogP) is 5.11. The highest BCUT2D eigenvalue weighted by atomic mass is 35.5. The first-order chi connectivity index (χ1) is 14.7. The fourth-order valence-electron chi connectivity index (χ4n) is 3.85. The van der Waals surface area contributed by atoms with E-state index in [1.54, 1.807) is 18.2 Å². The van der Waals surface area contributed by atoms with Crippen LogP contribution in [0, 0.1) is 12.8 Å². The number of nitrogens with one attached hydrogen (secondary N) is 1. The van der Waals surface area contributed by atoms with Gasteiger partial charge in [-0.1, -0.05) is 66.0 Å². The molecule has 168 valence electrons. The van der Waals surface area contributed by atoms with Gasteiger partial charge in [0.2, 0.25) is 15.9 Å². The van der Waals surface area contributed by atoms with E-state index in [4.69, 9.17) is 23.2 Å². The van der Waals surface area contributed by atoms with E-state index >= 15 is 0 Å². The Balaban J connectivity index is 1.59. The number of nitrogens with zero attached hydrogens (tertiary/aromatic N) is 1. The van der Waals surface area contributed by atoms with Crippen LogP contribution in [0.5, 0.6) is 0 Å². The van der Waals surface area contributed by atoms with Crippen molar-refractivity contribution in [3.8, 4) is 0 Å². The maximum absolute atomic E-state index is 12.9. The van der Waals surface area contributed by atoms with Crippen molar-refractivity contribution in [2.24, 2.45) is 5.92 Å². The molecule has 1 aliphatic heterocycles. The summed E-state index contributed by atoms with van der Waals surface area (Å²) in [6, 6.07) is 13.1. The first kappa shape index (κ1) is 24.1. The number of halogens is 2. The summed E-state index contributed by atoms with van der Waals surface area (Å²) in [4.78, 5) is 12.8. The first-order valence-electron chi connectivity index (χ1n) is 10.5. The zero-order valence-electron chi connectivity index (χ0n) is 17.8. The summed E-state index contributed by atoms with van der Waals surface area (Å²) in [5.74, 6) is -0.457. The molecule has 31 heavy (non-hydrogen) atoms. The molecule has 1 heterocycles. The lowest BCUT2D eigenvalue weighted by molar-refractivity contribution is -0.126. The highest BCUT2D eigenvalue weighted by Gasteiger charge is 2.32. The second-order valence-electron chi connectivity index (χ2n) is 8.01. The van der Waals surface area contributed by atoms with Crippen molar-refractivity contribution >= 4 is 39.1 Å². The SMILES string of the molecule is CC[C@@H](NC(=O)C1CCN(S(=O)(=O)Cc2c(Cl)cccc2Cl)CC1)c1ccc(C)cc1. The third-order valence-electron chi connectivity index (χ3n) is 5.81. The molecule has 2 aromatic rings. The molecule has 1 N–H and O–H groups in total. The zero-order valence-corrected chi connectivity index (χ0v) is 20.1. The number of amides is 1. The van der Waals surface area contributed by atoms with Crippen LogP contribution < -0.4 is 5.32 Å². The van der Waals surface area contributed by atoms with Crippen LogP contribution >= 0.6 is 23.2 Å². The minimum absolute atomic E-state index is 0.0152. The van der Waals surface area contributed by atoms with Gasteiger partial charge in [0.05, 0.1) is 11.8 Å². The van der Waals surface area contributed by atoms with E-state index in [0.29, 0.717) is 41.5 Å². The Kier molecular flexibility index (Phi) is 8.03. The summed E-state index contributed by atoms with van der Waals surface area (Å²) < 4.78 is 27.2. The van der Waals surface area contributed by atoms with Crippen LogP contribution in [0.4, 0.5) is 0 Å². The van der Waals surface area contributed by atoms with E-state index in [0.717, 1.165) is 12.0 Å². The molecule has 3 rings (SSSR count). The van der Waals surface area contributed by atoms with Crippen LogP contribution in [0.2, 0.25) is 10.0 Å². The fourth-order valence-corrected chi connectivity index (χ4v) is 6.16. The van der Waals surface area contributed by atoms with E-state index in [9.17, 15) is 13.2 Å². The highest BCUT2D eigenvalue weighted by molar-refractivity contribution is 7.88. The van der Waals surface area contributed by atoms with Crippen molar-refractivity contribution in [3.63, 3.8) is 0 Å². The second kappa shape index (κ2) is 10.3. The predicted molar refractivity (Wildman–Crippen MR) is 126 cm³/mol. The van der Waals surface area contributed by atoms with Crippen LogP contribution in [0.3, 0.4) is 0 Å². The van der Waals surface area contributed by atoms with Gasteiger partial charge in [0.25, 0.3) is 0 Å². The molecule has 0 unspecified atom stereocenters. The summed E-state index contributed by atoms with van der Waals surface area (Å²) in [7, 11) is -3.57. The molecule has 1 aliphatic rings. The molecule has 1 amide bonds. The molecule has 5 nitrogen and oxygen atoms in total. The summed E-state index contributed by atoms with van der Waals surface area (Å²) in [6.07, 6.45) is 1.78. The van der Waals surface area contributed by atoms with Crippen molar-refractivity contribution < 1.29 is 13.2 Å². The van der Waals surface area contributed by atoms with Gasteiger partial charge in [-0.15, -0.1) is 0 Å². The minimum Gasteiger partial charge on any atom is -0.349 e. The molecule has 8 heteroatoms. The van der Waals surface area contributed by atoms with Gasteiger partial charge >= 0.3 is 0 Å². The Morgan fingerprint density at radius 3 is 2.23 bits per heavy atom. The van der Waals surface area contributed by atoms with E-state index in [-0.39, 0.29) is 23.6 Å². The van der Waals surface area contributed by atoms with Gasteiger partial charge in [0.1, 0.15) is 0 Å². The van der Waals surface area contributed by atoms with Crippen molar-refractivity contribution in [2.75, 3.05) is 13.1 Å². The molecule has 0 aliphatic carbocycles. The Bertz CT molecular complexity index is 997. The number of aryl methyl sites for hydroxylation is 1. The molecular weight excluding hydrogens is 455 g/mol. The average Bonchev–Trinajstić information content (AvgIpc) is 2.75. The normalized spacial score (nSPS) is 16.8. The molecular formula is C23H28Cl2N2O3S. The number of hydrogen-bond donors (Lipinski definition) is 1.